The highest BCUT2D eigenvalue weighted by molar-refractivity contribution is 7.92. The van der Waals surface area contributed by atoms with E-state index >= 15 is 0 Å². The van der Waals surface area contributed by atoms with Gasteiger partial charge in [0.25, 0.3) is 10.0 Å². The number of fused-ring (bicyclic) bond motifs is 1. The van der Waals surface area contributed by atoms with Gasteiger partial charge in [-0.05, 0) is 54.6 Å². The Bertz CT molecular complexity index is 1540. The van der Waals surface area contributed by atoms with Crippen molar-refractivity contribution in [2.45, 2.75) is 30.2 Å². The molecule has 15 heteroatoms. The fourth-order valence-electron chi connectivity index (χ4n) is 3.93. The van der Waals surface area contributed by atoms with E-state index in [0.717, 1.165) is 40.7 Å². The number of nitrogens with zero attached hydrogens (tertiary/aromatic N) is 1. The Morgan fingerprint density at radius 1 is 1.10 bits per heavy atom. The highest BCUT2D eigenvalue weighted by atomic mass is 35.5. The Kier molecular flexibility index (Phi) is 8.63. The molecule has 0 saturated carbocycles. The molecule has 0 saturated heterocycles. The fraction of sp³-hybridized carbons (Fsp3) is 0.231. The predicted molar refractivity (Wildman–Crippen MR) is 141 cm³/mol. The summed E-state index contributed by atoms with van der Waals surface area (Å²) in [5.41, 5.74) is -0.525. The number of hydrogen-bond donors (Lipinski definition) is 2. The van der Waals surface area contributed by atoms with Gasteiger partial charge in [-0.15, -0.1) is 0 Å². The molecule has 0 spiro atoms. The highest BCUT2D eigenvalue weighted by Crippen LogP contribution is 2.40. The summed E-state index contributed by atoms with van der Waals surface area (Å²) in [6.45, 7) is 0.949. The molecule has 1 aliphatic heterocycles. The molecule has 1 heterocycles. The highest BCUT2D eigenvalue weighted by Gasteiger charge is 2.44. The molecule has 218 valence electrons. The van der Waals surface area contributed by atoms with Crippen molar-refractivity contribution in [1.82, 2.24) is 5.32 Å². The van der Waals surface area contributed by atoms with Gasteiger partial charge in [0.15, 0.2) is 0 Å². The molecule has 2 atom stereocenters. The molecule has 0 aliphatic carbocycles. The van der Waals surface area contributed by atoms with Crippen molar-refractivity contribution in [2.75, 3.05) is 22.7 Å². The summed E-state index contributed by atoms with van der Waals surface area (Å²) in [6, 6.07) is 12.4. The Morgan fingerprint density at radius 3 is 2.37 bits per heavy atom. The van der Waals surface area contributed by atoms with Crippen LogP contribution in [-0.4, -0.2) is 45.8 Å². The lowest BCUT2D eigenvalue weighted by Crippen LogP contribution is -2.48. The maximum Gasteiger partial charge on any atom is 0.429 e. The number of benzene rings is 3. The van der Waals surface area contributed by atoms with Gasteiger partial charge in [0.2, 0.25) is 12.0 Å². The molecule has 0 fully saturated rings. The van der Waals surface area contributed by atoms with Crippen molar-refractivity contribution in [1.29, 1.82) is 0 Å². The van der Waals surface area contributed by atoms with Crippen molar-refractivity contribution in [2.24, 2.45) is 0 Å². The first-order chi connectivity index (χ1) is 19.2. The van der Waals surface area contributed by atoms with Crippen LogP contribution in [0, 0.1) is 5.82 Å². The van der Waals surface area contributed by atoms with Crippen LogP contribution in [0.1, 0.15) is 18.6 Å². The molecule has 1 aliphatic rings. The van der Waals surface area contributed by atoms with Crippen molar-refractivity contribution in [3.05, 3.63) is 83.1 Å². The molecule has 9 nitrogen and oxygen atoms in total. The van der Waals surface area contributed by atoms with Gasteiger partial charge in [-0.25, -0.2) is 17.6 Å². The topological polar surface area (TPSA) is 114 Å². The van der Waals surface area contributed by atoms with E-state index < -0.39 is 40.3 Å². The van der Waals surface area contributed by atoms with E-state index in [-0.39, 0.29) is 51.6 Å². The first-order valence-electron chi connectivity index (χ1n) is 11.9. The second-order valence-corrected chi connectivity index (χ2v) is 11.2. The molecule has 0 aromatic heterocycles. The molecular formula is C26H22ClF4N3O6S. The quantitative estimate of drug-likeness (QED) is 0.343. The summed E-state index contributed by atoms with van der Waals surface area (Å²) in [7, 11) is -4.32. The number of carbonyl (C=O) groups is 2. The smallest absolute Gasteiger partial charge is 0.429 e. The SMILES string of the molecule is CC(=O)NC[C@H]1CN(S(=O)(=O)c2ccc(F)cc2)c2cc(NC(=O)OC(c3ccc(Cl)cc3)C(F)(F)F)ccc2O1. The number of hydrogen-bond acceptors (Lipinski definition) is 6. The maximum atomic E-state index is 13.7. The van der Waals surface area contributed by atoms with Crippen LogP contribution in [0.25, 0.3) is 0 Å². The van der Waals surface area contributed by atoms with Gasteiger partial charge in [-0.2, -0.15) is 13.2 Å². The first-order valence-corrected chi connectivity index (χ1v) is 13.7. The average Bonchev–Trinajstić information content (AvgIpc) is 2.90. The Labute approximate surface area is 237 Å². The minimum atomic E-state index is -4.95. The summed E-state index contributed by atoms with van der Waals surface area (Å²) in [6.07, 6.45) is -9.84. The van der Waals surface area contributed by atoms with Gasteiger partial charge < -0.3 is 14.8 Å². The molecule has 4 rings (SSSR count). The van der Waals surface area contributed by atoms with Gasteiger partial charge in [0.1, 0.15) is 17.7 Å². The number of amides is 2. The third-order valence-corrected chi connectivity index (χ3v) is 7.86. The van der Waals surface area contributed by atoms with Crippen LogP contribution >= 0.6 is 11.6 Å². The molecule has 2 N–H and O–H groups in total. The molecule has 3 aromatic carbocycles. The number of ether oxygens (including phenoxy) is 2. The number of rotatable bonds is 7. The predicted octanol–water partition coefficient (Wildman–Crippen LogP) is 5.42. The van der Waals surface area contributed by atoms with Crippen molar-refractivity contribution in [3.63, 3.8) is 0 Å². The van der Waals surface area contributed by atoms with Gasteiger partial charge in [0, 0.05) is 23.2 Å². The van der Waals surface area contributed by atoms with Crippen LogP contribution in [0.15, 0.2) is 71.6 Å². The third kappa shape index (κ3) is 7.19. The monoisotopic (exact) mass is 615 g/mol. The second kappa shape index (κ2) is 11.8. The Hall–Kier alpha value is -4.04. The minimum absolute atomic E-state index is 0.0416. The fourth-order valence-corrected chi connectivity index (χ4v) is 5.56. The van der Waals surface area contributed by atoms with Crippen LogP contribution in [0.3, 0.4) is 0 Å². The van der Waals surface area contributed by atoms with Crippen LogP contribution < -0.4 is 19.7 Å². The lowest BCUT2D eigenvalue weighted by atomic mass is 10.1. The zero-order chi connectivity index (χ0) is 29.9. The molecular weight excluding hydrogens is 594 g/mol. The van der Waals surface area contributed by atoms with Crippen LogP contribution in [0.2, 0.25) is 5.02 Å². The summed E-state index contributed by atoms with van der Waals surface area (Å²) in [5.74, 6) is -0.984. The maximum absolute atomic E-state index is 13.7. The van der Waals surface area contributed by atoms with E-state index in [2.05, 4.69) is 15.4 Å². The Balaban J connectivity index is 1.63. The molecule has 0 radical (unpaired) electrons. The summed E-state index contributed by atoms with van der Waals surface area (Å²) in [4.78, 5) is 23.7. The van der Waals surface area contributed by atoms with Gasteiger partial charge in [0.05, 0.1) is 23.7 Å². The summed E-state index contributed by atoms with van der Waals surface area (Å²) in [5, 5.41) is 4.91. The molecule has 1 unspecified atom stereocenters. The lowest BCUT2D eigenvalue weighted by Gasteiger charge is -2.35. The van der Waals surface area contributed by atoms with E-state index in [9.17, 15) is 35.6 Å². The number of alkyl halides is 3. The van der Waals surface area contributed by atoms with Crippen molar-refractivity contribution < 1.29 is 45.0 Å². The summed E-state index contributed by atoms with van der Waals surface area (Å²) >= 11 is 5.74. The van der Waals surface area contributed by atoms with Crippen LogP contribution in [0.5, 0.6) is 5.75 Å². The molecule has 2 amide bonds. The molecule has 41 heavy (non-hydrogen) atoms. The Morgan fingerprint density at radius 2 is 1.76 bits per heavy atom. The zero-order valence-corrected chi connectivity index (χ0v) is 22.7. The van der Waals surface area contributed by atoms with Crippen LogP contribution in [0.4, 0.5) is 33.7 Å². The average molecular weight is 616 g/mol. The van der Waals surface area contributed by atoms with Gasteiger partial charge in [-0.3, -0.25) is 14.4 Å². The number of halogens is 5. The van der Waals surface area contributed by atoms with Gasteiger partial charge >= 0.3 is 12.3 Å². The number of anilines is 2. The molecule has 0 bridgehead atoms. The first kappa shape index (κ1) is 29.9. The van der Waals surface area contributed by atoms with E-state index in [1.807, 2.05) is 0 Å². The zero-order valence-electron chi connectivity index (χ0n) is 21.1. The van der Waals surface area contributed by atoms with Crippen molar-refractivity contribution >= 4 is 45.0 Å². The van der Waals surface area contributed by atoms with Crippen molar-refractivity contribution in [3.8, 4) is 5.75 Å². The lowest BCUT2D eigenvalue weighted by molar-refractivity contribution is -0.205. The summed E-state index contributed by atoms with van der Waals surface area (Å²) < 4.78 is 93.0. The largest absolute Gasteiger partial charge is 0.484 e. The van der Waals surface area contributed by atoms with E-state index in [0.29, 0.717) is 0 Å². The minimum Gasteiger partial charge on any atom is -0.484 e. The normalized spacial score (nSPS) is 15.8. The van der Waals surface area contributed by atoms with E-state index in [1.165, 1.54) is 37.3 Å². The number of carbonyl (C=O) groups excluding carboxylic acids is 2. The standard InChI is InChI=1S/C26H22ClF4N3O6S/c1-15(35)32-13-20-14-34(41(37,38)21-9-6-18(28)7-10-21)22-12-19(8-11-23(22)39-20)33-25(36)40-24(26(29,30)31)16-2-4-17(27)5-3-16/h2-12,20,24H,13-14H2,1H3,(H,32,35)(H,33,36)/t20-,24?/m0/s1. The third-order valence-electron chi connectivity index (χ3n) is 5.81. The van der Waals surface area contributed by atoms with E-state index in [4.69, 9.17) is 16.3 Å². The second-order valence-electron chi connectivity index (χ2n) is 8.85. The van der Waals surface area contributed by atoms with Crippen LogP contribution in [-0.2, 0) is 19.6 Å². The number of sulfonamides is 1. The molecule has 3 aromatic rings. The number of nitrogens with one attached hydrogen (secondary N) is 2. The van der Waals surface area contributed by atoms with Gasteiger partial charge in [-0.1, -0.05) is 23.7 Å². The van der Waals surface area contributed by atoms with E-state index in [1.54, 1.807) is 0 Å².